The Morgan fingerprint density at radius 2 is 1.81 bits per heavy atom. The molecule has 1 fully saturated rings. The molecule has 5 nitrogen and oxygen atoms in total. The fourth-order valence-corrected chi connectivity index (χ4v) is 3.61. The van der Waals surface area contributed by atoms with Gasteiger partial charge in [-0.15, -0.1) is 0 Å². The van der Waals surface area contributed by atoms with Crippen molar-refractivity contribution in [1.29, 1.82) is 5.26 Å². The summed E-state index contributed by atoms with van der Waals surface area (Å²) in [5.74, 6) is 0. The first kappa shape index (κ1) is 17.5. The number of benzene rings is 2. The van der Waals surface area contributed by atoms with E-state index in [0.717, 1.165) is 49.4 Å². The lowest BCUT2D eigenvalue weighted by Gasteiger charge is -2.35. The van der Waals surface area contributed by atoms with Crippen LogP contribution in [0, 0.1) is 11.3 Å². The summed E-state index contributed by atoms with van der Waals surface area (Å²) in [4.78, 5) is 6.86. The first-order chi connectivity index (χ1) is 13.3. The van der Waals surface area contributed by atoms with Gasteiger partial charge >= 0.3 is 0 Å². The molecule has 1 N–H and O–H groups in total. The van der Waals surface area contributed by atoms with Crippen LogP contribution >= 0.6 is 0 Å². The number of hydrogen-bond acceptors (Lipinski definition) is 5. The molecule has 0 saturated carbocycles. The van der Waals surface area contributed by atoms with Crippen molar-refractivity contribution in [2.45, 2.75) is 6.04 Å². The molecular weight excluding hydrogens is 336 g/mol. The Hall–Kier alpha value is -2.94. The second-order valence-electron chi connectivity index (χ2n) is 6.64. The molecule has 0 bridgehead atoms. The number of aromatic nitrogens is 1. The van der Waals surface area contributed by atoms with Crippen molar-refractivity contribution in [3.63, 3.8) is 0 Å². The van der Waals surface area contributed by atoms with E-state index in [9.17, 15) is 5.26 Å². The normalized spacial score (nSPS) is 16.0. The molecule has 1 saturated heterocycles. The summed E-state index contributed by atoms with van der Waals surface area (Å²) in [7, 11) is 0. The van der Waals surface area contributed by atoms with Gasteiger partial charge in [-0.1, -0.05) is 48.5 Å². The Balaban J connectivity index is 1.63. The summed E-state index contributed by atoms with van der Waals surface area (Å²) in [5.41, 5.74) is 3.50. The van der Waals surface area contributed by atoms with Crippen LogP contribution in [-0.4, -0.2) is 42.7 Å². The first-order valence-corrected chi connectivity index (χ1v) is 9.25. The first-order valence-electron chi connectivity index (χ1n) is 9.25. The zero-order valence-corrected chi connectivity index (χ0v) is 15.1. The van der Waals surface area contributed by atoms with E-state index in [4.69, 9.17) is 4.74 Å². The molecular formula is C22H22N4O. The number of morpholine rings is 1. The fourth-order valence-electron chi connectivity index (χ4n) is 3.61. The van der Waals surface area contributed by atoms with E-state index >= 15 is 0 Å². The van der Waals surface area contributed by atoms with Crippen LogP contribution in [0.25, 0.3) is 10.9 Å². The third-order valence-corrected chi connectivity index (χ3v) is 4.99. The van der Waals surface area contributed by atoms with Gasteiger partial charge < -0.3 is 10.1 Å². The van der Waals surface area contributed by atoms with Gasteiger partial charge in [0.1, 0.15) is 11.8 Å². The number of ether oxygens (including phenoxy) is 1. The van der Waals surface area contributed by atoms with Crippen molar-refractivity contribution < 1.29 is 4.74 Å². The molecule has 0 spiro atoms. The second-order valence-corrected chi connectivity index (χ2v) is 6.64. The number of hydrogen-bond donors (Lipinski definition) is 1. The quantitative estimate of drug-likeness (QED) is 0.755. The SMILES string of the molecule is N#Cc1cc(NCC(c2ccccc2)N2CCOCC2)c2ccccc2n1. The Bertz CT molecular complexity index is 945. The van der Waals surface area contributed by atoms with Gasteiger partial charge in [0.05, 0.1) is 24.8 Å². The van der Waals surface area contributed by atoms with Gasteiger partial charge in [0.15, 0.2) is 0 Å². The number of para-hydroxylation sites is 1. The third-order valence-electron chi connectivity index (χ3n) is 4.99. The van der Waals surface area contributed by atoms with Crippen molar-refractivity contribution in [3.05, 3.63) is 71.9 Å². The minimum atomic E-state index is 0.243. The van der Waals surface area contributed by atoms with Gasteiger partial charge in [-0.2, -0.15) is 5.26 Å². The summed E-state index contributed by atoms with van der Waals surface area (Å²) in [5, 5.41) is 13.9. The molecule has 1 atom stereocenters. The van der Waals surface area contributed by atoms with Crippen molar-refractivity contribution in [1.82, 2.24) is 9.88 Å². The van der Waals surface area contributed by atoms with Gasteiger partial charge in [-0.05, 0) is 17.7 Å². The number of anilines is 1. The molecule has 3 aromatic rings. The highest BCUT2D eigenvalue weighted by Crippen LogP contribution is 2.26. The summed E-state index contributed by atoms with van der Waals surface area (Å²) in [6.07, 6.45) is 0. The van der Waals surface area contributed by atoms with Crippen LogP contribution in [0.2, 0.25) is 0 Å². The van der Waals surface area contributed by atoms with E-state index in [1.807, 2.05) is 36.4 Å². The lowest BCUT2D eigenvalue weighted by atomic mass is 10.0. The highest BCUT2D eigenvalue weighted by atomic mass is 16.5. The predicted octanol–water partition coefficient (Wildman–Crippen LogP) is 3.59. The van der Waals surface area contributed by atoms with E-state index in [-0.39, 0.29) is 6.04 Å². The van der Waals surface area contributed by atoms with Crippen LogP contribution in [-0.2, 0) is 4.74 Å². The van der Waals surface area contributed by atoms with Gasteiger partial charge in [-0.25, -0.2) is 4.98 Å². The maximum Gasteiger partial charge on any atom is 0.143 e. The smallest absolute Gasteiger partial charge is 0.143 e. The molecule has 136 valence electrons. The maximum atomic E-state index is 9.32. The Labute approximate surface area is 159 Å². The molecule has 27 heavy (non-hydrogen) atoms. The number of pyridine rings is 1. The summed E-state index contributed by atoms with van der Waals surface area (Å²) >= 11 is 0. The average Bonchev–Trinajstić information content (AvgIpc) is 2.75. The number of rotatable bonds is 5. The fraction of sp³-hybridized carbons (Fsp3) is 0.273. The predicted molar refractivity (Wildman–Crippen MR) is 107 cm³/mol. The summed E-state index contributed by atoms with van der Waals surface area (Å²) in [6.45, 7) is 4.12. The number of nitriles is 1. The highest BCUT2D eigenvalue weighted by molar-refractivity contribution is 5.91. The van der Waals surface area contributed by atoms with Gasteiger partial charge in [0.25, 0.3) is 0 Å². The topological polar surface area (TPSA) is 61.2 Å². The molecule has 1 aromatic heterocycles. The summed E-state index contributed by atoms with van der Waals surface area (Å²) < 4.78 is 5.53. The third kappa shape index (κ3) is 3.92. The molecule has 0 aliphatic carbocycles. The number of fused-ring (bicyclic) bond motifs is 1. The monoisotopic (exact) mass is 358 g/mol. The lowest BCUT2D eigenvalue weighted by Crippen LogP contribution is -2.41. The van der Waals surface area contributed by atoms with E-state index in [1.165, 1.54) is 5.56 Å². The van der Waals surface area contributed by atoms with Gasteiger partial charge in [-0.3, -0.25) is 4.90 Å². The summed E-state index contributed by atoms with van der Waals surface area (Å²) in [6, 6.07) is 22.7. The lowest BCUT2D eigenvalue weighted by molar-refractivity contribution is 0.0187. The Kier molecular flexibility index (Phi) is 5.29. The molecule has 0 amide bonds. The van der Waals surface area contributed by atoms with Crippen molar-refractivity contribution >= 4 is 16.6 Å². The van der Waals surface area contributed by atoms with E-state index in [1.54, 1.807) is 0 Å². The molecule has 1 unspecified atom stereocenters. The molecule has 0 radical (unpaired) electrons. The standard InChI is InChI=1S/C22H22N4O/c23-15-18-14-21(19-8-4-5-9-20(19)25-18)24-16-22(17-6-2-1-3-7-17)26-10-12-27-13-11-26/h1-9,14,22H,10-13,16H2,(H,24,25). The van der Waals surface area contributed by atoms with Crippen LogP contribution < -0.4 is 5.32 Å². The minimum absolute atomic E-state index is 0.243. The Morgan fingerprint density at radius 1 is 1.07 bits per heavy atom. The largest absolute Gasteiger partial charge is 0.382 e. The van der Waals surface area contributed by atoms with Crippen molar-refractivity contribution in [2.24, 2.45) is 0 Å². The Morgan fingerprint density at radius 3 is 2.59 bits per heavy atom. The van der Waals surface area contributed by atoms with E-state index in [2.05, 4.69) is 45.5 Å². The van der Waals surface area contributed by atoms with Crippen LogP contribution in [0.4, 0.5) is 5.69 Å². The average molecular weight is 358 g/mol. The minimum Gasteiger partial charge on any atom is -0.382 e. The highest BCUT2D eigenvalue weighted by Gasteiger charge is 2.22. The van der Waals surface area contributed by atoms with Crippen molar-refractivity contribution in [2.75, 3.05) is 38.2 Å². The van der Waals surface area contributed by atoms with Crippen LogP contribution in [0.15, 0.2) is 60.7 Å². The zero-order valence-electron chi connectivity index (χ0n) is 15.1. The zero-order chi connectivity index (χ0) is 18.5. The van der Waals surface area contributed by atoms with Gasteiger partial charge in [0, 0.05) is 30.7 Å². The number of nitrogens with one attached hydrogen (secondary N) is 1. The van der Waals surface area contributed by atoms with Crippen molar-refractivity contribution in [3.8, 4) is 6.07 Å². The molecule has 4 rings (SSSR count). The van der Waals surface area contributed by atoms with E-state index in [0.29, 0.717) is 5.69 Å². The van der Waals surface area contributed by atoms with E-state index < -0.39 is 0 Å². The van der Waals surface area contributed by atoms with Crippen LogP contribution in [0.1, 0.15) is 17.3 Å². The molecule has 2 heterocycles. The molecule has 2 aromatic carbocycles. The van der Waals surface area contributed by atoms with Crippen LogP contribution in [0.3, 0.4) is 0 Å². The molecule has 1 aliphatic rings. The van der Waals surface area contributed by atoms with Gasteiger partial charge in [0.2, 0.25) is 0 Å². The maximum absolute atomic E-state index is 9.32. The molecule has 1 aliphatic heterocycles. The van der Waals surface area contributed by atoms with Crippen LogP contribution in [0.5, 0.6) is 0 Å². The number of nitrogens with zero attached hydrogens (tertiary/aromatic N) is 3. The second kappa shape index (κ2) is 8.17. The molecule has 5 heteroatoms.